The van der Waals surface area contributed by atoms with Gasteiger partial charge >= 0.3 is 0 Å². The number of anilines is 1. The van der Waals surface area contributed by atoms with Crippen LogP contribution in [0.25, 0.3) is 10.2 Å². The fraction of sp³-hybridized carbons (Fsp3) is 0.375. The molecular weight excluding hydrogens is 424 g/mol. The molecule has 1 aromatic heterocycles. The van der Waals surface area contributed by atoms with Crippen molar-refractivity contribution in [3.8, 4) is 0 Å². The van der Waals surface area contributed by atoms with E-state index < -0.39 is 0 Å². The van der Waals surface area contributed by atoms with E-state index in [0.717, 1.165) is 34.7 Å². The summed E-state index contributed by atoms with van der Waals surface area (Å²) in [5.41, 5.74) is 2.09. The van der Waals surface area contributed by atoms with Crippen LogP contribution in [0.1, 0.15) is 41.2 Å². The molecule has 0 radical (unpaired) electrons. The van der Waals surface area contributed by atoms with Crippen LogP contribution >= 0.6 is 11.3 Å². The number of thiazole rings is 1. The Kier molecular flexibility index (Phi) is 7.02. The third kappa shape index (κ3) is 5.08. The summed E-state index contributed by atoms with van der Waals surface area (Å²) in [7, 11) is 1.78. The second-order valence-corrected chi connectivity index (χ2v) is 9.01. The molecule has 2 heterocycles. The maximum Gasteiger partial charge on any atom is 0.253 e. The van der Waals surface area contributed by atoms with Gasteiger partial charge in [0.1, 0.15) is 5.01 Å². The van der Waals surface area contributed by atoms with E-state index in [9.17, 15) is 9.59 Å². The molecule has 168 valence electrons. The minimum Gasteiger partial charge on any atom is -0.376 e. The first-order valence-electron chi connectivity index (χ1n) is 10.9. The summed E-state index contributed by atoms with van der Waals surface area (Å²) >= 11 is 1.60. The van der Waals surface area contributed by atoms with Crippen LogP contribution in [0.15, 0.2) is 48.5 Å². The number of fused-ring (bicyclic) bond motifs is 1. The van der Waals surface area contributed by atoms with Crippen molar-refractivity contribution in [2.24, 2.45) is 0 Å². The van der Waals surface area contributed by atoms with Gasteiger partial charge in [0.05, 0.1) is 34.5 Å². The van der Waals surface area contributed by atoms with Gasteiger partial charge in [0.2, 0.25) is 5.91 Å². The normalized spacial score (nSPS) is 16.6. The molecule has 2 amide bonds. The number of para-hydroxylation sites is 2. The van der Waals surface area contributed by atoms with E-state index in [1.54, 1.807) is 29.4 Å². The zero-order valence-corrected chi connectivity index (χ0v) is 19.2. The molecule has 0 aliphatic carbocycles. The quantitative estimate of drug-likeness (QED) is 0.543. The number of hydrogen-bond acceptors (Lipinski definition) is 6. The number of likely N-dealkylation sites (N-methyl/N-ethyl adjacent to an activating group) is 1. The predicted octanol–water partition coefficient (Wildman–Crippen LogP) is 3.84. The molecule has 2 atom stereocenters. The number of rotatable bonds is 8. The first kappa shape index (κ1) is 22.2. The van der Waals surface area contributed by atoms with Gasteiger partial charge in [-0.2, -0.15) is 0 Å². The Labute approximate surface area is 191 Å². The average Bonchev–Trinajstić information content (AvgIpc) is 3.50. The van der Waals surface area contributed by atoms with Gasteiger partial charge in [-0.15, -0.1) is 11.3 Å². The Balaban J connectivity index is 1.36. The summed E-state index contributed by atoms with van der Waals surface area (Å²) in [4.78, 5) is 31.9. The second-order valence-electron chi connectivity index (χ2n) is 7.94. The van der Waals surface area contributed by atoms with E-state index in [1.807, 2.05) is 49.4 Å². The minimum absolute atomic E-state index is 0.0775. The van der Waals surface area contributed by atoms with Crippen LogP contribution < -0.4 is 10.6 Å². The Bertz CT molecular complexity index is 1060. The molecule has 2 N–H and O–H groups in total. The third-order valence-electron chi connectivity index (χ3n) is 5.76. The topological polar surface area (TPSA) is 83.6 Å². The molecule has 32 heavy (non-hydrogen) atoms. The molecule has 1 saturated heterocycles. The second kappa shape index (κ2) is 10.1. The summed E-state index contributed by atoms with van der Waals surface area (Å²) in [6.07, 6.45) is 2.08. The van der Waals surface area contributed by atoms with E-state index in [1.165, 1.54) is 0 Å². The van der Waals surface area contributed by atoms with Crippen LogP contribution in [0.5, 0.6) is 0 Å². The monoisotopic (exact) mass is 452 g/mol. The average molecular weight is 453 g/mol. The summed E-state index contributed by atoms with van der Waals surface area (Å²) in [5.74, 6) is -0.251. The number of nitrogens with zero attached hydrogens (tertiary/aromatic N) is 2. The number of ether oxygens (including phenoxy) is 1. The van der Waals surface area contributed by atoms with Gasteiger partial charge < -0.3 is 20.3 Å². The molecule has 0 unspecified atom stereocenters. The van der Waals surface area contributed by atoms with Crippen LogP contribution in [0, 0.1) is 0 Å². The maximum absolute atomic E-state index is 12.9. The van der Waals surface area contributed by atoms with Gasteiger partial charge in [-0.3, -0.25) is 9.59 Å². The molecule has 0 bridgehead atoms. The van der Waals surface area contributed by atoms with Crippen molar-refractivity contribution < 1.29 is 14.3 Å². The first-order chi connectivity index (χ1) is 15.5. The predicted molar refractivity (Wildman–Crippen MR) is 127 cm³/mol. The highest BCUT2D eigenvalue weighted by Gasteiger charge is 2.22. The summed E-state index contributed by atoms with van der Waals surface area (Å²) in [6.45, 7) is 3.31. The highest BCUT2D eigenvalue weighted by Crippen LogP contribution is 2.29. The highest BCUT2D eigenvalue weighted by molar-refractivity contribution is 7.18. The molecule has 8 heteroatoms. The lowest BCUT2D eigenvalue weighted by Gasteiger charge is -2.24. The van der Waals surface area contributed by atoms with Crippen molar-refractivity contribution in [3.63, 3.8) is 0 Å². The zero-order valence-electron chi connectivity index (χ0n) is 18.3. The van der Waals surface area contributed by atoms with E-state index in [4.69, 9.17) is 4.74 Å². The van der Waals surface area contributed by atoms with Crippen molar-refractivity contribution in [1.82, 2.24) is 15.2 Å². The number of aromatic nitrogens is 1. The van der Waals surface area contributed by atoms with Gasteiger partial charge in [-0.05, 0) is 44.0 Å². The van der Waals surface area contributed by atoms with Crippen molar-refractivity contribution in [3.05, 3.63) is 59.1 Å². The van der Waals surface area contributed by atoms with Gasteiger partial charge in [0.15, 0.2) is 0 Å². The fourth-order valence-corrected chi connectivity index (χ4v) is 4.75. The summed E-state index contributed by atoms with van der Waals surface area (Å²) in [6, 6.07) is 15.0. The molecule has 1 aliphatic rings. The smallest absolute Gasteiger partial charge is 0.253 e. The van der Waals surface area contributed by atoms with Crippen LogP contribution in [0.4, 0.5) is 5.69 Å². The van der Waals surface area contributed by atoms with Crippen molar-refractivity contribution in [1.29, 1.82) is 0 Å². The third-order valence-corrected chi connectivity index (χ3v) is 6.96. The van der Waals surface area contributed by atoms with Crippen molar-refractivity contribution in [2.75, 3.05) is 32.1 Å². The Hall–Kier alpha value is -2.97. The lowest BCUT2D eigenvalue weighted by atomic mass is 10.1. The maximum atomic E-state index is 12.9. The fourth-order valence-electron chi connectivity index (χ4n) is 3.69. The molecule has 2 aromatic carbocycles. The first-order valence-corrected chi connectivity index (χ1v) is 11.7. The summed E-state index contributed by atoms with van der Waals surface area (Å²) in [5, 5.41) is 6.97. The number of amides is 2. The molecule has 7 nitrogen and oxygen atoms in total. The lowest BCUT2D eigenvalue weighted by molar-refractivity contribution is -0.129. The van der Waals surface area contributed by atoms with E-state index in [0.29, 0.717) is 17.8 Å². The van der Waals surface area contributed by atoms with E-state index >= 15 is 0 Å². The number of benzene rings is 2. The molecule has 4 rings (SSSR count). The Morgan fingerprint density at radius 1 is 1.22 bits per heavy atom. The Morgan fingerprint density at radius 2 is 2.00 bits per heavy atom. The van der Waals surface area contributed by atoms with Gasteiger partial charge in [-0.25, -0.2) is 4.98 Å². The van der Waals surface area contributed by atoms with Crippen LogP contribution in [0.3, 0.4) is 0 Å². The number of carbonyl (C=O) groups excluding carboxylic acids is 2. The van der Waals surface area contributed by atoms with Crippen molar-refractivity contribution >= 4 is 39.1 Å². The molecule has 0 saturated carbocycles. The molecule has 1 fully saturated rings. The largest absolute Gasteiger partial charge is 0.376 e. The van der Waals surface area contributed by atoms with Crippen molar-refractivity contribution in [2.45, 2.75) is 31.9 Å². The van der Waals surface area contributed by atoms with Gasteiger partial charge in [0.25, 0.3) is 5.91 Å². The number of carbonyl (C=O) groups is 2. The zero-order chi connectivity index (χ0) is 22.5. The Morgan fingerprint density at radius 3 is 2.78 bits per heavy atom. The van der Waals surface area contributed by atoms with E-state index in [-0.39, 0.29) is 30.5 Å². The van der Waals surface area contributed by atoms with Gasteiger partial charge in [0, 0.05) is 25.9 Å². The molecule has 0 spiro atoms. The molecule has 3 aromatic rings. The SMILES string of the molecule is C[C@@H](c1nc2ccccc2s1)N(C)C(=O)CNc1ccccc1C(=O)NC[C@@H]1CCCO1. The van der Waals surface area contributed by atoms with E-state index in [2.05, 4.69) is 15.6 Å². The van der Waals surface area contributed by atoms with Crippen LogP contribution in [-0.2, 0) is 9.53 Å². The van der Waals surface area contributed by atoms with Crippen LogP contribution in [0.2, 0.25) is 0 Å². The summed E-state index contributed by atoms with van der Waals surface area (Å²) < 4.78 is 6.68. The number of nitrogens with one attached hydrogen (secondary N) is 2. The number of hydrogen-bond donors (Lipinski definition) is 2. The van der Waals surface area contributed by atoms with Crippen LogP contribution in [-0.4, -0.2) is 54.5 Å². The highest BCUT2D eigenvalue weighted by atomic mass is 32.1. The minimum atomic E-state index is -0.174. The van der Waals surface area contributed by atoms with Gasteiger partial charge in [-0.1, -0.05) is 24.3 Å². The molecule has 1 aliphatic heterocycles. The standard InChI is InChI=1S/C24H28N4O3S/c1-16(24-27-20-11-5-6-12-21(20)32-24)28(2)22(29)15-25-19-10-4-3-9-18(19)23(30)26-14-17-8-7-13-31-17/h3-6,9-12,16-17,25H,7-8,13-15H2,1-2H3,(H,26,30)/t16-,17-/m0/s1. The lowest BCUT2D eigenvalue weighted by Crippen LogP contribution is -2.35. The molecular formula is C24H28N4O3S.